The Morgan fingerprint density at radius 3 is 2.50 bits per heavy atom. The lowest BCUT2D eigenvalue weighted by molar-refractivity contribution is -0.122. The predicted octanol–water partition coefficient (Wildman–Crippen LogP) is 0.594. The van der Waals surface area contributed by atoms with Crippen molar-refractivity contribution in [2.75, 3.05) is 27.2 Å². The van der Waals surface area contributed by atoms with Crippen LogP contribution in [0, 0.1) is 0 Å². The summed E-state index contributed by atoms with van der Waals surface area (Å²) in [6.07, 6.45) is 0.612. The Morgan fingerprint density at radius 1 is 1.27 bits per heavy atom. The van der Waals surface area contributed by atoms with Gasteiger partial charge in [0.25, 0.3) is 0 Å². The molecule has 22 heavy (non-hydrogen) atoms. The van der Waals surface area contributed by atoms with E-state index in [0.29, 0.717) is 19.5 Å². The Balaban J connectivity index is 2.73. The highest BCUT2D eigenvalue weighted by Crippen LogP contribution is 2.16. The standard InChI is InChI=1S/C15H25N3O3S/c1-5-13-8-6-7-9-14(13)22(20,21)17-12(2)15(19)16-10-11-18(3)4/h6-9,12,17H,5,10-11H2,1-4H3,(H,16,19)/t12-/m0/s1. The van der Waals surface area contributed by atoms with E-state index >= 15 is 0 Å². The third kappa shape index (κ3) is 5.40. The number of nitrogens with zero attached hydrogens (tertiary/aromatic N) is 1. The topological polar surface area (TPSA) is 78.5 Å². The second-order valence-corrected chi connectivity index (χ2v) is 7.08. The van der Waals surface area contributed by atoms with E-state index in [4.69, 9.17) is 0 Å². The van der Waals surface area contributed by atoms with E-state index in [2.05, 4.69) is 10.0 Å². The molecule has 0 aliphatic rings. The molecule has 0 saturated heterocycles. The largest absolute Gasteiger partial charge is 0.353 e. The summed E-state index contributed by atoms with van der Waals surface area (Å²) in [5.74, 6) is -0.334. The molecule has 2 N–H and O–H groups in total. The number of hydrogen-bond acceptors (Lipinski definition) is 4. The summed E-state index contributed by atoms with van der Waals surface area (Å²) < 4.78 is 27.3. The molecule has 0 bridgehead atoms. The number of rotatable bonds is 8. The highest BCUT2D eigenvalue weighted by Gasteiger charge is 2.23. The van der Waals surface area contributed by atoms with Gasteiger partial charge in [-0.05, 0) is 39.1 Å². The number of sulfonamides is 1. The van der Waals surface area contributed by atoms with Gasteiger partial charge in [0.15, 0.2) is 0 Å². The third-order valence-electron chi connectivity index (χ3n) is 3.23. The Hall–Kier alpha value is -1.44. The molecule has 0 fully saturated rings. The fourth-order valence-electron chi connectivity index (χ4n) is 1.96. The van der Waals surface area contributed by atoms with Crippen molar-refractivity contribution >= 4 is 15.9 Å². The summed E-state index contributed by atoms with van der Waals surface area (Å²) in [4.78, 5) is 14.1. The van der Waals surface area contributed by atoms with Gasteiger partial charge in [0.1, 0.15) is 0 Å². The number of carbonyl (C=O) groups is 1. The van der Waals surface area contributed by atoms with E-state index in [9.17, 15) is 13.2 Å². The van der Waals surface area contributed by atoms with Gasteiger partial charge in [-0.1, -0.05) is 25.1 Å². The average molecular weight is 327 g/mol. The van der Waals surface area contributed by atoms with Gasteiger partial charge >= 0.3 is 0 Å². The maximum absolute atomic E-state index is 12.4. The van der Waals surface area contributed by atoms with Gasteiger partial charge in [-0.15, -0.1) is 0 Å². The van der Waals surface area contributed by atoms with Crippen LogP contribution in [0.15, 0.2) is 29.2 Å². The van der Waals surface area contributed by atoms with E-state index in [0.717, 1.165) is 5.56 Å². The molecule has 1 amide bonds. The van der Waals surface area contributed by atoms with Crippen LogP contribution in [0.5, 0.6) is 0 Å². The van der Waals surface area contributed by atoms with Crippen molar-refractivity contribution in [1.29, 1.82) is 0 Å². The van der Waals surface area contributed by atoms with Gasteiger partial charge in [0.05, 0.1) is 10.9 Å². The Labute approximate surface area is 132 Å². The fourth-order valence-corrected chi connectivity index (χ4v) is 3.48. The van der Waals surface area contributed by atoms with Crippen LogP contribution in [0.1, 0.15) is 19.4 Å². The van der Waals surface area contributed by atoms with Crippen molar-refractivity contribution in [2.45, 2.75) is 31.2 Å². The van der Waals surface area contributed by atoms with Gasteiger partial charge in [-0.25, -0.2) is 8.42 Å². The minimum atomic E-state index is -3.71. The SMILES string of the molecule is CCc1ccccc1S(=O)(=O)N[C@@H](C)C(=O)NCCN(C)C. The van der Waals surface area contributed by atoms with Crippen LogP contribution in [0.3, 0.4) is 0 Å². The average Bonchev–Trinajstić information content (AvgIpc) is 2.46. The predicted molar refractivity (Wildman–Crippen MR) is 87.2 cm³/mol. The minimum absolute atomic E-state index is 0.227. The summed E-state index contributed by atoms with van der Waals surface area (Å²) in [5, 5.41) is 2.71. The van der Waals surface area contributed by atoms with Crippen molar-refractivity contribution in [3.8, 4) is 0 Å². The molecule has 0 unspecified atom stereocenters. The molecule has 0 aliphatic carbocycles. The molecule has 7 heteroatoms. The van der Waals surface area contributed by atoms with Crippen LogP contribution in [0.2, 0.25) is 0 Å². The summed E-state index contributed by atoms with van der Waals surface area (Å²) in [6, 6.07) is 5.98. The zero-order valence-corrected chi connectivity index (χ0v) is 14.4. The minimum Gasteiger partial charge on any atom is -0.353 e. The van der Waals surface area contributed by atoms with Crippen LogP contribution in [0.4, 0.5) is 0 Å². The summed E-state index contributed by atoms with van der Waals surface area (Å²) in [5.41, 5.74) is 0.732. The van der Waals surface area contributed by atoms with Gasteiger partial charge < -0.3 is 10.2 Å². The lowest BCUT2D eigenvalue weighted by atomic mass is 10.2. The van der Waals surface area contributed by atoms with E-state index < -0.39 is 16.1 Å². The molecule has 1 atom stereocenters. The number of amides is 1. The normalized spacial score (nSPS) is 13.1. The van der Waals surface area contributed by atoms with Crippen LogP contribution in [-0.2, 0) is 21.2 Å². The Kier molecular flexibility index (Phi) is 6.99. The lowest BCUT2D eigenvalue weighted by Gasteiger charge is -2.17. The molecule has 0 aliphatic heterocycles. The maximum atomic E-state index is 12.4. The van der Waals surface area contributed by atoms with E-state index in [1.807, 2.05) is 25.9 Å². The van der Waals surface area contributed by atoms with Crippen LogP contribution < -0.4 is 10.0 Å². The van der Waals surface area contributed by atoms with Gasteiger partial charge in [0, 0.05) is 13.1 Å². The maximum Gasteiger partial charge on any atom is 0.241 e. The summed E-state index contributed by atoms with van der Waals surface area (Å²) in [7, 11) is 0.0956. The Bertz CT molecular complexity index is 600. The first-order chi connectivity index (χ1) is 10.3. The molecule has 0 aromatic heterocycles. The van der Waals surface area contributed by atoms with Crippen molar-refractivity contribution < 1.29 is 13.2 Å². The Morgan fingerprint density at radius 2 is 1.91 bits per heavy atom. The lowest BCUT2D eigenvalue weighted by Crippen LogP contribution is -2.46. The third-order valence-corrected chi connectivity index (χ3v) is 4.87. The van der Waals surface area contributed by atoms with Crippen LogP contribution >= 0.6 is 0 Å². The zero-order chi connectivity index (χ0) is 16.8. The number of nitrogens with one attached hydrogen (secondary N) is 2. The molecule has 0 heterocycles. The van der Waals surface area contributed by atoms with Crippen molar-refractivity contribution in [2.24, 2.45) is 0 Å². The van der Waals surface area contributed by atoms with E-state index in [-0.39, 0.29) is 10.8 Å². The number of carbonyl (C=O) groups excluding carboxylic acids is 1. The first-order valence-electron chi connectivity index (χ1n) is 7.30. The smallest absolute Gasteiger partial charge is 0.241 e. The molecule has 0 spiro atoms. The molecule has 6 nitrogen and oxygen atoms in total. The van der Waals surface area contributed by atoms with Crippen LogP contribution in [0.25, 0.3) is 0 Å². The summed E-state index contributed by atoms with van der Waals surface area (Å²) in [6.45, 7) is 4.61. The highest BCUT2D eigenvalue weighted by atomic mass is 32.2. The molecular formula is C15H25N3O3S. The molecule has 0 radical (unpaired) electrons. The second-order valence-electron chi connectivity index (χ2n) is 5.40. The first-order valence-corrected chi connectivity index (χ1v) is 8.79. The number of likely N-dealkylation sites (N-methyl/N-ethyl adjacent to an activating group) is 1. The zero-order valence-electron chi connectivity index (χ0n) is 13.6. The molecule has 1 aromatic rings. The molecule has 124 valence electrons. The first kappa shape index (κ1) is 18.6. The quantitative estimate of drug-likeness (QED) is 0.733. The number of hydrogen-bond donors (Lipinski definition) is 2. The van der Waals surface area contributed by atoms with Crippen molar-refractivity contribution in [1.82, 2.24) is 14.9 Å². The molecule has 1 rings (SSSR count). The van der Waals surface area contributed by atoms with Crippen molar-refractivity contribution in [3.05, 3.63) is 29.8 Å². The second kappa shape index (κ2) is 8.26. The molecule has 1 aromatic carbocycles. The van der Waals surface area contributed by atoms with Gasteiger partial charge in [-0.2, -0.15) is 4.72 Å². The monoisotopic (exact) mass is 327 g/mol. The van der Waals surface area contributed by atoms with Crippen LogP contribution in [-0.4, -0.2) is 52.5 Å². The number of benzene rings is 1. The highest BCUT2D eigenvalue weighted by molar-refractivity contribution is 7.89. The van der Waals surface area contributed by atoms with Crippen molar-refractivity contribution in [3.63, 3.8) is 0 Å². The number of aryl methyl sites for hydroxylation is 1. The van der Waals surface area contributed by atoms with Gasteiger partial charge in [-0.3, -0.25) is 4.79 Å². The van der Waals surface area contributed by atoms with E-state index in [1.54, 1.807) is 24.3 Å². The summed E-state index contributed by atoms with van der Waals surface area (Å²) >= 11 is 0. The molecular weight excluding hydrogens is 302 g/mol. The fraction of sp³-hybridized carbons (Fsp3) is 0.533. The van der Waals surface area contributed by atoms with Gasteiger partial charge in [0.2, 0.25) is 15.9 Å². The molecule has 0 saturated carbocycles. The van der Waals surface area contributed by atoms with E-state index in [1.165, 1.54) is 6.92 Å².